The summed E-state index contributed by atoms with van der Waals surface area (Å²) in [5.74, 6) is -1.21. The highest BCUT2D eigenvalue weighted by Crippen LogP contribution is 2.35. The number of amides is 2. The molecule has 0 aromatic heterocycles. The van der Waals surface area contributed by atoms with Gasteiger partial charge in [0.05, 0.1) is 12.1 Å². The fourth-order valence-electron chi connectivity index (χ4n) is 4.45. The minimum Gasteiger partial charge on any atom is -0.378 e. The Hall–Kier alpha value is -3.06. The summed E-state index contributed by atoms with van der Waals surface area (Å²) in [5, 5.41) is 5.56. The maximum atomic E-state index is 12.5. The number of fused-ring (bicyclic) bond motifs is 1. The normalized spacial score (nSPS) is 18.2. The zero-order chi connectivity index (χ0) is 22.5. The topological polar surface area (TPSA) is 73.9 Å². The summed E-state index contributed by atoms with van der Waals surface area (Å²) in [6.07, 6.45) is 2.90. The Labute approximate surface area is 189 Å². The van der Waals surface area contributed by atoms with Crippen LogP contribution in [0.1, 0.15) is 30.0 Å². The van der Waals surface area contributed by atoms with Gasteiger partial charge in [-0.05, 0) is 48.6 Å². The third kappa shape index (κ3) is 5.05. The largest absolute Gasteiger partial charge is 0.378 e. The minimum absolute atomic E-state index is 0.0100. The SMILES string of the molecule is CN(C)c1ccc(C(CNC(=O)C(=O)NCC2CCCO2)N2CCc3ccccc32)cc1. The molecule has 1 fully saturated rings. The van der Waals surface area contributed by atoms with Crippen molar-refractivity contribution in [1.82, 2.24) is 10.6 Å². The molecular formula is C25H32N4O3. The van der Waals surface area contributed by atoms with E-state index in [9.17, 15) is 9.59 Å². The van der Waals surface area contributed by atoms with E-state index in [4.69, 9.17) is 4.74 Å². The van der Waals surface area contributed by atoms with Gasteiger partial charge in [-0.15, -0.1) is 0 Å². The average Bonchev–Trinajstić information content (AvgIpc) is 3.48. The van der Waals surface area contributed by atoms with E-state index in [2.05, 4.69) is 62.9 Å². The second kappa shape index (κ2) is 10.0. The van der Waals surface area contributed by atoms with Gasteiger partial charge in [-0.1, -0.05) is 30.3 Å². The molecule has 2 aliphatic rings. The van der Waals surface area contributed by atoms with Crippen molar-refractivity contribution in [1.29, 1.82) is 0 Å². The highest BCUT2D eigenvalue weighted by atomic mass is 16.5. The second-order valence-electron chi connectivity index (χ2n) is 8.63. The average molecular weight is 437 g/mol. The van der Waals surface area contributed by atoms with E-state index in [0.29, 0.717) is 13.1 Å². The van der Waals surface area contributed by atoms with Gasteiger partial charge in [-0.3, -0.25) is 9.59 Å². The maximum Gasteiger partial charge on any atom is 0.309 e. The Morgan fingerprint density at radius 1 is 1.09 bits per heavy atom. The van der Waals surface area contributed by atoms with Crippen molar-refractivity contribution in [3.05, 3.63) is 59.7 Å². The Morgan fingerprint density at radius 3 is 2.56 bits per heavy atom. The smallest absolute Gasteiger partial charge is 0.309 e. The summed E-state index contributed by atoms with van der Waals surface area (Å²) in [7, 11) is 4.03. The van der Waals surface area contributed by atoms with Gasteiger partial charge in [-0.2, -0.15) is 0 Å². The van der Waals surface area contributed by atoms with Crippen LogP contribution in [0.15, 0.2) is 48.5 Å². The predicted molar refractivity (Wildman–Crippen MR) is 126 cm³/mol. The van der Waals surface area contributed by atoms with Gasteiger partial charge in [-0.25, -0.2) is 0 Å². The van der Waals surface area contributed by atoms with Gasteiger partial charge >= 0.3 is 11.8 Å². The Bertz CT molecular complexity index is 938. The van der Waals surface area contributed by atoms with E-state index >= 15 is 0 Å². The van der Waals surface area contributed by atoms with Gasteiger partial charge in [0.25, 0.3) is 0 Å². The Kier molecular flexibility index (Phi) is 6.95. The van der Waals surface area contributed by atoms with E-state index in [1.165, 1.54) is 11.3 Å². The molecule has 0 aliphatic carbocycles. The van der Waals surface area contributed by atoms with Crippen LogP contribution in [0.2, 0.25) is 0 Å². The molecule has 0 saturated carbocycles. The van der Waals surface area contributed by atoms with Crippen molar-refractivity contribution in [2.75, 3.05) is 50.1 Å². The van der Waals surface area contributed by atoms with Crippen LogP contribution in [0, 0.1) is 0 Å². The number of carbonyl (C=O) groups is 2. The number of carbonyl (C=O) groups excluding carboxylic acids is 2. The van der Waals surface area contributed by atoms with Crippen LogP contribution in [-0.2, 0) is 20.7 Å². The molecule has 170 valence electrons. The molecule has 0 radical (unpaired) electrons. The lowest BCUT2D eigenvalue weighted by molar-refractivity contribution is -0.139. The monoisotopic (exact) mass is 436 g/mol. The lowest BCUT2D eigenvalue weighted by Gasteiger charge is -2.31. The number of rotatable bonds is 7. The van der Waals surface area contributed by atoms with E-state index < -0.39 is 11.8 Å². The van der Waals surface area contributed by atoms with Gasteiger partial charge < -0.3 is 25.2 Å². The van der Waals surface area contributed by atoms with Crippen LogP contribution in [-0.4, -0.2) is 58.3 Å². The summed E-state index contributed by atoms with van der Waals surface area (Å²) in [5.41, 5.74) is 4.72. The first-order chi connectivity index (χ1) is 15.5. The van der Waals surface area contributed by atoms with Crippen molar-refractivity contribution in [3.63, 3.8) is 0 Å². The number of nitrogens with zero attached hydrogens (tertiary/aromatic N) is 2. The van der Waals surface area contributed by atoms with Crippen LogP contribution in [0.3, 0.4) is 0 Å². The molecule has 2 heterocycles. The first kappa shape index (κ1) is 22.1. The molecule has 2 atom stereocenters. The molecule has 7 heteroatoms. The van der Waals surface area contributed by atoms with Crippen molar-refractivity contribution in [3.8, 4) is 0 Å². The molecule has 2 amide bonds. The number of ether oxygens (including phenoxy) is 1. The molecule has 4 rings (SSSR count). The summed E-state index contributed by atoms with van der Waals surface area (Å²) >= 11 is 0. The molecular weight excluding hydrogens is 404 g/mol. The highest BCUT2D eigenvalue weighted by Gasteiger charge is 2.28. The molecule has 1 saturated heterocycles. The fourth-order valence-corrected chi connectivity index (χ4v) is 4.45. The lowest BCUT2D eigenvalue weighted by atomic mass is 10.0. The van der Waals surface area contributed by atoms with Crippen LogP contribution in [0.25, 0.3) is 0 Å². The van der Waals surface area contributed by atoms with Crippen molar-refractivity contribution < 1.29 is 14.3 Å². The number of nitrogens with one attached hydrogen (secondary N) is 2. The minimum atomic E-state index is -0.607. The summed E-state index contributed by atoms with van der Waals surface area (Å²) in [4.78, 5) is 29.2. The van der Waals surface area contributed by atoms with E-state index in [-0.39, 0.29) is 12.1 Å². The molecule has 2 N–H and O–H groups in total. The fraction of sp³-hybridized carbons (Fsp3) is 0.440. The number of hydrogen-bond donors (Lipinski definition) is 2. The van der Waals surface area contributed by atoms with Gasteiger partial charge in [0.15, 0.2) is 0 Å². The first-order valence-corrected chi connectivity index (χ1v) is 11.3. The molecule has 7 nitrogen and oxygen atoms in total. The first-order valence-electron chi connectivity index (χ1n) is 11.3. The maximum absolute atomic E-state index is 12.5. The molecule has 2 aromatic rings. The predicted octanol–water partition coefficient (Wildman–Crippen LogP) is 2.27. The van der Waals surface area contributed by atoms with Crippen LogP contribution in [0.5, 0.6) is 0 Å². The van der Waals surface area contributed by atoms with Gasteiger partial charge in [0.2, 0.25) is 0 Å². The molecule has 0 spiro atoms. The van der Waals surface area contributed by atoms with E-state index in [0.717, 1.165) is 43.7 Å². The molecule has 32 heavy (non-hydrogen) atoms. The lowest BCUT2D eigenvalue weighted by Crippen LogP contribution is -2.45. The van der Waals surface area contributed by atoms with Crippen LogP contribution in [0.4, 0.5) is 11.4 Å². The number of anilines is 2. The summed E-state index contributed by atoms with van der Waals surface area (Å²) in [6.45, 7) is 2.32. The third-order valence-electron chi connectivity index (χ3n) is 6.27. The number of benzene rings is 2. The molecule has 2 aliphatic heterocycles. The summed E-state index contributed by atoms with van der Waals surface area (Å²) < 4.78 is 5.51. The Balaban J connectivity index is 1.45. The number of para-hydroxylation sites is 1. The van der Waals surface area contributed by atoms with Crippen LogP contribution >= 0.6 is 0 Å². The van der Waals surface area contributed by atoms with Gasteiger partial charge in [0, 0.05) is 51.7 Å². The zero-order valence-electron chi connectivity index (χ0n) is 18.8. The second-order valence-corrected chi connectivity index (χ2v) is 8.63. The van der Waals surface area contributed by atoms with Gasteiger partial charge in [0.1, 0.15) is 0 Å². The standard InChI is InChI=1S/C25H32N4O3/c1-28(2)20-11-9-19(10-12-20)23(29-14-13-18-6-3-4-8-22(18)29)17-27-25(31)24(30)26-16-21-7-5-15-32-21/h3-4,6,8-12,21,23H,5,7,13-17H2,1-2H3,(H,26,30)(H,27,31). The molecule has 2 aromatic carbocycles. The Morgan fingerprint density at radius 2 is 1.84 bits per heavy atom. The van der Waals surface area contributed by atoms with Crippen LogP contribution < -0.4 is 20.4 Å². The molecule has 0 bridgehead atoms. The molecule has 2 unspecified atom stereocenters. The highest BCUT2D eigenvalue weighted by molar-refractivity contribution is 6.35. The third-order valence-corrected chi connectivity index (χ3v) is 6.27. The van der Waals surface area contributed by atoms with Crippen molar-refractivity contribution in [2.24, 2.45) is 0 Å². The van der Waals surface area contributed by atoms with Crippen molar-refractivity contribution >= 4 is 23.2 Å². The quantitative estimate of drug-likeness (QED) is 0.652. The van der Waals surface area contributed by atoms with E-state index in [1.807, 2.05) is 20.2 Å². The van der Waals surface area contributed by atoms with E-state index in [1.54, 1.807) is 0 Å². The number of hydrogen-bond acceptors (Lipinski definition) is 5. The van der Waals surface area contributed by atoms with Crippen molar-refractivity contribution in [2.45, 2.75) is 31.4 Å². The zero-order valence-corrected chi connectivity index (χ0v) is 18.8. The summed E-state index contributed by atoms with van der Waals surface area (Å²) in [6, 6.07) is 16.7.